The summed E-state index contributed by atoms with van der Waals surface area (Å²) < 4.78 is 1.97. The fourth-order valence-corrected chi connectivity index (χ4v) is 3.05. The van der Waals surface area contributed by atoms with Crippen LogP contribution in [-0.2, 0) is 13.0 Å². The highest BCUT2D eigenvalue weighted by Gasteiger charge is 2.19. The van der Waals surface area contributed by atoms with Crippen LogP contribution in [-0.4, -0.2) is 25.8 Å². The Morgan fingerprint density at radius 2 is 2.04 bits per heavy atom. The van der Waals surface area contributed by atoms with Crippen LogP contribution in [0.1, 0.15) is 42.4 Å². The zero-order chi connectivity index (χ0) is 18.2. The standard InChI is InChI=1S/C19H20ClN3O2/c1-19(2,3)11-23-17-5-4-13(20)9-15(17)16(22-23)8-12-10-21-7-6-14(12)18(24)25/h4-7,9-10H,8,11H2,1-3H3,(H,24,25). The molecule has 0 saturated carbocycles. The third kappa shape index (κ3) is 3.82. The zero-order valence-corrected chi connectivity index (χ0v) is 15.2. The predicted molar refractivity (Wildman–Crippen MR) is 98.2 cm³/mol. The second-order valence-electron chi connectivity index (χ2n) is 7.34. The minimum atomic E-state index is -0.964. The van der Waals surface area contributed by atoms with Gasteiger partial charge in [-0.15, -0.1) is 0 Å². The van der Waals surface area contributed by atoms with E-state index in [1.165, 1.54) is 12.3 Å². The number of aromatic carboxylic acids is 1. The summed E-state index contributed by atoms with van der Waals surface area (Å²) in [6, 6.07) is 7.21. The molecular weight excluding hydrogens is 338 g/mol. The molecule has 0 saturated heterocycles. The molecule has 0 bridgehead atoms. The molecule has 0 radical (unpaired) electrons. The number of benzene rings is 1. The third-order valence-corrected chi connectivity index (χ3v) is 4.14. The molecule has 3 aromatic rings. The van der Waals surface area contributed by atoms with E-state index in [9.17, 15) is 9.90 Å². The molecule has 0 aliphatic heterocycles. The molecule has 1 aromatic carbocycles. The molecule has 2 aromatic heterocycles. The van der Waals surface area contributed by atoms with Gasteiger partial charge in [0.1, 0.15) is 0 Å². The molecule has 3 rings (SSSR count). The molecule has 1 N–H and O–H groups in total. The average Bonchev–Trinajstić information content (AvgIpc) is 2.82. The molecule has 0 spiro atoms. The van der Waals surface area contributed by atoms with Gasteiger partial charge in [-0.25, -0.2) is 4.79 Å². The molecule has 0 unspecified atom stereocenters. The molecule has 2 heterocycles. The first kappa shape index (κ1) is 17.4. The van der Waals surface area contributed by atoms with Gasteiger partial charge in [-0.2, -0.15) is 5.10 Å². The van der Waals surface area contributed by atoms with Crippen LogP contribution in [0.25, 0.3) is 10.9 Å². The van der Waals surface area contributed by atoms with Crippen molar-refractivity contribution in [3.8, 4) is 0 Å². The lowest BCUT2D eigenvalue weighted by molar-refractivity contribution is 0.0695. The Morgan fingerprint density at radius 1 is 1.28 bits per heavy atom. The SMILES string of the molecule is CC(C)(C)Cn1nc(Cc2cnccc2C(=O)O)c2cc(Cl)ccc21. The summed E-state index contributed by atoms with van der Waals surface area (Å²) in [6.07, 6.45) is 3.46. The van der Waals surface area contributed by atoms with Crippen molar-refractivity contribution in [3.63, 3.8) is 0 Å². The fraction of sp³-hybridized carbons (Fsp3) is 0.316. The van der Waals surface area contributed by atoms with E-state index in [4.69, 9.17) is 16.7 Å². The number of aromatic nitrogens is 3. The van der Waals surface area contributed by atoms with Crippen molar-refractivity contribution in [1.29, 1.82) is 0 Å². The minimum absolute atomic E-state index is 0.0659. The second-order valence-corrected chi connectivity index (χ2v) is 7.78. The van der Waals surface area contributed by atoms with Gasteiger partial charge in [-0.3, -0.25) is 9.67 Å². The molecule has 0 aliphatic carbocycles. The number of carboxylic acids is 1. The maximum Gasteiger partial charge on any atom is 0.336 e. The first-order chi connectivity index (χ1) is 11.7. The normalized spacial score (nSPS) is 11.8. The van der Waals surface area contributed by atoms with E-state index in [2.05, 4.69) is 25.8 Å². The molecule has 0 atom stereocenters. The van der Waals surface area contributed by atoms with Crippen LogP contribution in [0.3, 0.4) is 0 Å². The van der Waals surface area contributed by atoms with Gasteiger partial charge in [0.2, 0.25) is 0 Å². The maximum absolute atomic E-state index is 11.4. The smallest absolute Gasteiger partial charge is 0.336 e. The Kier molecular flexibility index (Phi) is 4.52. The summed E-state index contributed by atoms with van der Waals surface area (Å²) in [4.78, 5) is 15.5. The molecule has 0 fully saturated rings. The maximum atomic E-state index is 11.4. The lowest BCUT2D eigenvalue weighted by Gasteiger charge is -2.18. The highest BCUT2D eigenvalue weighted by Crippen LogP contribution is 2.27. The molecule has 5 nitrogen and oxygen atoms in total. The van der Waals surface area contributed by atoms with Crippen molar-refractivity contribution in [3.05, 3.63) is 58.5 Å². The Balaban J connectivity index is 2.10. The Labute approximate surface area is 151 Å². The highest BCUT2D eigenvalue weighted by atomic mass is 35.5. The minimum Gasteiger partial charge on any atom is -0.478 e. The van der Waals surface area contributed by atoms with Crippen molar-refractivity contribution in [2.75, 3.05) is 0 Å². The number of hydrogen-bond donors (Lipinski definition) is 1. The van der Waals surface area contributed by atoms with Crippen LogP contribution in [0, 0.1) is 5.41 Å². The van der Waals surface area contributed by atoms with Crippen molar-refractivity contribution < 1.29 is 9.90 Å². The van der Waals surface area contributed by atoms with Crippen LogP contribution in [0.15, 0.2) is 36.7 Å². The van der Waals surface area contributed by atoms with Gasteiger partial charge < -0.3 is 5.11 Å². The fourth-order valence-electron chi connectivity index (χ4n) is 2.88. The monoisotopic (exact) mass is 357 g/mol. The Morgan fingerprint density at radius 3 is 2.72 bits per heavy atom. The van der Waals surface area contributed by atoms with Crippen molar-refractivity contribution in [1.82, 2.24) is 14.8 Å². The van der Waals surface area contributed by atoms with Gasteiger partial charge in [0.05, 0.1) is 16.8 Å². The number of rotatable bonds is 4. The van der Waals surface area contributed by atoms with E-state index in [1.54, 1.807) is 6.20 Å². The summed E-state index contributed by atoms with van der Waals surface area (Å²) in [7, 11) is 0. The van der Waals surface area contributed by atoms with Crippen LogP contribution < -0.4 is 0 Å². The average molecular weight is 358 g/mol. The highest BCUT2D eigenvalue weighted by molar-refractivity contribution is 6.31. The van der Waals surface area contributed by atoms with Crippen molar-refractivity contribution >= 4 is 28.5 Å². The number of carbonyl (C=O) groups is 1. The molecule has 25 heavy (non-hydrogen) atoms. The zero-order valence-electron chi connectivity index (χ0n) is 14.5. The second kappa shape index (κ2) is 6.48. The van der Waals surface area contributed by atoms with E-state index in [-0.39, 0.29) is 11.0 Å². The largest absolute Gasteiger partial charge is 0.478 e. The van der Waals surface area contributed by atoms with Crippen LogP contribution >= 0.6 is 11.6 Å². The molecule has 6 heteroatoms. The van der Waals surface area contributed by atoms with E-state index in [0.29, 0.717) is 17.0 Å². The summed E-state index contributed by atoms with van der Waals surface area (Å²) in [5.74, 6) is -0.964. The van der Waals surface area contributed by atoms with Gasteiger partial charge in [0, 0.05) is 35.8 Å². The molecular formula is C19H20ClN3O2. The van der Waals surface area contributed by atoms with Crippen LogP contribution in [0.4, 0.5) is 0 Å². The van der Waals surface area contributed by atoms with Gasteiger partial charge in [0.15, 0.2) is 0 Å². The van der Waals surface area contributed by atoms with E-state index in [0.717, 1.165) is 23.1 Å². The lowest BCUT2D eigenvalue weighted by atomic mass is 9.97. The third-order valence-electron chi connectivity index (χ3n) is 3.91. The quantitative estimate of drug-likeness (QED) is 0.750. The molecule has 0 amide bonds. The van der Waals surface area contributed by atoms with Gasteiger partial charge in [0.25, 0.3) is 0 Å². The summed E-state index contributed by atoms with van der Waals surface area (Å²) in [6.45, 7) is 7.21. The Bertz CT molecular complexity index is 941. The van der Waals surface area contributed by atoms with Gasteiger partial charge in [-0.05, 0) is 35.2 Å². The number of pyridine rings is 1. The molecule has 130 valence electrons. The first-order valence-electron chi connectivity index (χ1n) is 8.06. The van der Waals surface area contributed by atoms with E-state index in [1.807, 2.05) is 22.9 Å². The summed E-state index contributed by atoms with van der Waals surface area (Å²) in [5.41, 5.74) is 2.75. The van der Waals surface area contributed by atoms with Gasteiger partial charge in [-0.1, -0.05) is 32.4 Å². The lowest BCUT2D eigenvalue weighted by Crippen LogP contribution is -2.16. The van der Waals surface area contributed by atoms with Gasteiger partial charge >= 0.3 is 5.97 Å². The van der Waals surface area contributed by atoms with E-state index < -0.39 is 5.97 Å². The first-order valence-corrected chi connectivity index (χ1v) is 8.43. The van der Waals surface area contributed by atoms with Crippen molar-refractivity contribution in [2.45, 2.75) is 33.7 Å². The number of halogens is 1. The van der Waals surface area contributed by atoms with Crippen LogP contribution in [0.5, 0.6) is 0 Å². The Hall–Kier alpha value is -2.40. The number of fused-ring (bicyclic) bond motifs is 1. The summed E-state index contributed by atoms with van der Waals surface area (Å²) in [5, 5.41) is 15.7. The summed E-state index contributed by atoms with van der Waals surface area (Å²) >= 11 is 6.17. The topological polar surface area (TPSA) is 68.0 Å². The predicted octanol–water partition coefficient (Wildman–Crippen LogP) is 4.42. The van der Waals surface area contributed by atoms with Crippen molar-refractivity contribution in [2.24, 2.45) is 5.41 Å². The number of nitrogens with zero attached hydrogens (tertiary/aromatic N) is 3. The molecule has 0 aliphatic rings. The number of hydrogen-bond acceptors (Lipinski definition) is 3. The number of carboxylic acid groups (broad SMARTS) is 1. The van der Waals surface area contributed by atoms with Crippen LogP contribution in [0.2, 0.25) is 5.02 Å². The van der Waals surface area contributed by atoms with E-state index >= 15 is 0 Å².